The van der Waals surface area contributed by atoms with Crippen molar-refractivity contribution in [2.24, 2.45) is 0 Å². The van der Waals surface area contributed by atoms with E-state index >= 15 is 0 Å². The SMILES string of the molecule is N#CCCN1CCC(n2c(CCl)nc3c(S(=O)(=O)c4ccccc4)nc4[nH]ccc4c32)CC1. The van der Waals surface area contributed by atoms with Crippen molar-refractivity contribution in [1.82, 2.24) is 24.4 Å². The van der Waals surface area contributed by atoms with Crippen LogP contribution in [-0.4, -0.2) is 52.5 Å². The van der Waals surface area contributed by atoms with Crippen molar-refractivity contribution in [1.29, 1.82) is 5.26 Å². The van der Waals surface area contributed by atoms with Crippen LogP contribution in [-0.2, 0) is 15.7 Å². The maximum Gasteiger partial charge on any atom is 0.226 e. The topological polar surface area (TPSA) is 108 Å². The minimum absolute atomic E-state index is 0.0600. The van der Waals surface area contributed by atoms with Gasteiger partial charge in [-0.2, -0.15) is 5.26 Å². The third-order valence-electron chi connectivity index (χ3n) is 6.27. The normalized spacial score (nSPS) is 15.9. The lowest BCUT2D eigenvalue weighted by Crippen LogP contribution is -2.35. The molecule has 0 unspecified atom stereocenters. The molecule has 8 nitrogen and oxygen atoms in total. The molecule has 0 radical (unpaired) electrons. The number of hydrogen-bond acceptors (Lipinski definition) is 6. The summed E-state index contributed by atoms with van der Waals surface area (Å²) in [5.74, 6) is 0.808. The Morgan fingerprint density at radius 1 is 1.15 bits per heavy atom. The molecule has 3 aromatic heterocycles. The minimum Gasteiger partial charge on any atom is -0.346 e. The van der Waals surface area contributed by atoms with E-state index in [9.17, 15) is 8.42 Å². The Kier molecular flexibility index (Phi) is 5.83. The second-order valence-corrected chi connectivity index (χ2v) is 10.3. The van der Waals surface area contributed by atoms with Crippen molar-refractivity contribution in [3.63, 3.8) is 0 Å². The number of benzene rings is 1. The number of fused-ring (bicyclic) bond motifs is 3. The number of rotatable bonds is 6. The molecule has 1 N–H and O–H groups in total. The number of H-pyrrole nitrogens is 1. The molecule has 1 saturated heterocycles. The molecule has 0 aliphatic carbocycles. The van der Waals surface area contributed by atoms with E-state index in [4.69, 9.17) is 21.8 Å². The number of sulfone groups is 1. The molecule has 0 bridgehead atoms. The van der Waals surface area contributed by atoms with Crippen LogP contribution in [0, 0.1) is 11.3 Å². The van der Waals surface area contributed by atoms with Gasteiger partial charge in [-0.1, -0.05) is 18.2 Å². The van der Waals surface area contributed by atoms with E-state index in [1.165, 1.54) is 0 Å². The number of piperidine rings is 1. The molecular formula is C23H23ClN6O2S. The van der Waals surface area contributed by atoms with Gasteiger partial charge in [-0.15, -0.1) is 11.6 Å². The molecule has 0 atom stereocenters. The number of hydrogen-bond donors (Lipinski definition) is 1. The van der Waals surface area contributed by atoms with Gasteiger partial charge in [-0.05, 0) is 31.0 Å². The first-order valence-electron chi connectivity index (χ1n) is 10.9. The zero-order chi connectivity index (χ0) is 23.0. The summed E-state index contributed by atoms with van der Waals surface area (Å²) in [6.07, 6.45) is 4.02. The summed E-state index contributed by atoms with van der Waals surface area (Å²) in [7, 11) is -3.89. The molecule has 5 rings (SSSR count). The number of likely N-dealkylation sites (tertiary alicyclic amines) is 1. The second-order valence-electron chi connectivity index (χ2n) is 8.18. The highest BCUT2D eigenvalue weighted by molar-refractivity contribution is 7.91. The third-order valence-corrected chi connectivity index (χ3v) is 8.20. The molecule has 170 valence electrons. The zero-order valence-corrected chi connectivity index (χ0v) is 19.5. The van der Waals surface area contributed by atoms with Gasteiger partial charge in [-0.25, -0.2) is 18.4 Å². The van der Waals surface area contributed by atoms with Gasteiger partial charge in [0.25, 0.3) is 0 Å². The van der Waals surface area contributed by atoms with Crippen LogP contribution in [0.15, 0.2) is 52.5 Å². The molecule has 1 aromatic carbocycles. The van der Waals surface area contributed by atoms with Crippen LogP contribution in [0.2, 0.25) is 0 Å². The molecule has 1 aliphatic heterocycles. The summed E-state index contributed by atoms with van der Waals surface area (Å²) in [4.78, 5) is 14.7. The lowest BCUT2D eigenvalue weighted by atomic mass is 10.0. The summed E-state index contributed by atoms with van der Waals surface area (Å²) < 4.78 is 29.2. The molecular weight excluding hydrogens is 460 g/mol. The lowest BCUT2D eigenvalue weighted by Gasteiger charge is -2.33. The molecule has 1 aliphatic rings. The quantitative estimate of drug-likeness (QED) is 0.415. The van der Waals surface area contributed by atoms with E-state index in [1.807, 2.05) is 6.07 Å². The highest BCUT2D eigenvalue weighted by Gasteiger charge is 2.31. The van der Waals surface area contributed by atoms with Gasteiger partial charge in [0.15, 0.2) is 5.03 Å². The van der Waals surface area contributed by atoms with Crippen LogP contribution in [0.25, 0.3) is 22.1 Å². The second kappa shape index (κ2) is 8.78. The smallest absolute Gasteiger partial charge is 0.226 e. The first kappa shape index (κ1) is 21.9. The summed E-state index contributed by atoms with van der Waals surface area (Å²) in [6, 6.07) is 12.5. The lowest BCUT2D eigenvalue weighted by molar-refractivity contribution is 0.190. The van der Waals surface area contributed by atoms with Gasteiger partial charge in [0.2, 0.25) is 9.84 Å². The van der Waals surface area contributed by atoms with E-state index in [-0.39, 0.29) is 21.8 Å². The molecule has 33 heavy (non-hydrogen) atoms. The van der Waals surface area contributed by atoms with Gasteiger partial charge in [0.05, 0.1) is 22.4 Å². The van der Waals surface area contributed by atoms with Gasteiger partial charge < -0.3 is 14.5 Å². The Morgan fingerprint density at radius 3 is 2.61 bits per heavy atom. The maximum atomic E-state index is 13.6. The summed E-state index contributed by atoms with van der Waals surface area (Å²) in [5.41, 5.74) is 1.61. The van der Waals surface area contributed by atoms with E-state index in [0.29, 0.717) is 23.4 Å². The Labute approximate surface area is 196 Å². The average molecular weight is 483 g/mol. The van der Waals surface area contributed by atoms with E-state index in [0.717, 1.165) is 43.4 Å². The van der Waals surface area contributed by atoms with E-state index < -0.39 is 9.84 Å². The third kappa shape index (κ3) is 3.78. The predicted molar refractivity (Wildman–Crippen MR) is 126 cm³/mol. The van der Waals surface area contributed by atoms with Gasteiger partial charge >= 0.3 is 0 Å². The Balaban J connectivity index is 1.67. The van der Waals surface area contributed by atoms with E-state index in [2.05, 4.69) is 25.5 Å². The highest BCUT2D eigenvalue weighted by Crippen LogP contribution is 2.36. The fourth-order valence-corrected chi connectivity index (χ4v) is 6.22. The number of imidazole rings is 1. The summed E-state index contributed by atoms with van der Waals surface area (Å²) in [6.45, 7) is 2.50. The van der Waals surface area contributed by atoms with Gasteiger partial charge in [-0.3, -0.25) is 0 Å². The number of nitriles is 1. The number of nitrogens with one attached hydrogen (secondary N) is 1. The van der Waals surface area contributed by atoms with Crippen molar-refractivity contribution < 1.29 is 8.42 Å². The predicted octanol–water partition coefficient (Wildman–Crippen LogP) is 4.03. The van der Waals surface area contributed by atoms with Crippen molar-refractivity contribution in [3.05, 3.63) is 48.4 Å². The van der Waals surface area contributed by atoms with Crippen molar-refractivity contribution in [2.45, 2.75) is 41.1 Å². The number of pyridine rings is 1. The maximum absolute atomic E-state index is 13.6. The Hall–Kier alpha value is -2.93. The van der Waals surface area contributed by atoms with Crippen LogP contribution in [0.5, 0.6) is 0 Å². The van der Waals surface area contributed by atoms with Gasteiger partial charge in [0, 0.05) is 43.7 Å². The fourth-order valence-electron chi connectivity index (χ4n) is 4.68. The molecule has 0 spiro atoms. The number of halogens is 1. The largest absolute Gasteiger partial charge is 0.346 e. The van der Waals surface area contributed by atoms with Gasteiger partial charge in [0.1, 0.15) is 17.0 Å². The molecule has 4 heterocycles. The van der Waals surface area contributed by atoms with Crippen LogP contribution >= 0.6 is 11.6 Å². The highest BCUT2D eigenvalue weighted by atomic mass is 35.5. The monoisotopic (exact) mass is 482 g/mol. The minimum atomic E-state index is -3.89. The number of aromatic nitrogens is 4. The van der Waals surface area contributed by atoms with Crippen LogP contribution in [0.1, 0.15) is 31.1 Å². The number of aromatic amines is 1. The van der Waals surface area contributed by atoms with E-state index in [1.54, 1.807) is 36.5 Å². The molecule has 0 saturated carbocycles. The molecule has 1 fully saturated rings. The summed E-state index contributed by atoms with van der Waals surface area (Å²) >= 11 is 6.32. The van der Waals surface area contributed by atoms with Crippen molar-refractivity contribution in [2.75, 3.05) is 19.6 Å². The first-order valence-corrected chi connectivity index (χ1v) is 12.9. The number of alkyl halides is 1. The standard InChI is InChI=1S/C23H23ClN6O2S/c24-15-19-27-20-21(30(19)16-8-13-29(14-9-16)12-4-10-25)18-7-11-26-22(18)28-23(20)33(31,32)17-5-2-1-3-6-17/h1-3,5-7,11,16H,4,8-9,12-15H2,(H,26,28). The Bertz CT molecular complexity index is 1450. The molecule has 0 amide bonds. The average Bonchev–Trinajstić information content (AvgIpc) is 3.47. The van der Waals surface area contributed by atoms with Crippen molar-refractivity contribution in [3.8, 4) is 6.07 Å². The van der Waals surface area contributed by atoms with Crippen LogP contribution in [0.3, 0.4) is 0 Å². The number of nitrogens with zero attached hydrogens (tertiary/aromatic N) is 5. The molecule has 4 aromatic rings. The summed E-state index contributed by atoms with van der Waals surface area (Å²) in [5, 5.41) is 9.65. The first-order chi connectivity index (χ1) is 16.0. The zero-order valence-electron chi connectivity index (χ0n) is 17.9. The van der Waals surface area contributed by atoms with Crippen LogP contribution in [0.4, 0.5) is 0 Å². The van der Waals surface area contributed by atoms with Crippen molar-refractivity contribution >= 4 is 43.5 Å². The fraction of sp³-hybridized carbons (Fsp3) is 0.348. The Morgan fingerprint density at radius 2 is 1.91 bits per heavy atom. The van der Waals surface area contributed by atoms with Crippen LogP contribution < -0.4 is 0 Å². The molecule has 10 heteroatoms.